The van der Waals surface area contributed by atoms with Crippen molar-refractivity contribution in [1.82, 2.24) is 9.88 Å². The van der Waals surface area contributed by atoms with Gasteiger partial charge in [0, 0.05) is 24.9 Å². The standard InChI is InChI=1S/C25H28N4O4S/c1-18(26)24(32)25(16-30,13-20-7-4-6-19-5-2-3-8-21(19)20)29(22-15-34-17-27-22)23(31)14-28-9-11-33-12-10-28/h2-8,15-18H,9-14,26H2,1H3/t18-,25-/m0/s1. The number of benzene rings is 2. The molecule has 0 radical (unpaired) electrons. The minimum absolute atomic E-state index is 0.00932. The first-order valence-corrected chi connectivity index (χ1v) is 12.1. The molecular formula is C25H28N4O4S. The predicted molar refractivity (Wildman–Crippen MR) is 132 cm³/mol. The molecule has 1 aromatic heterocycles. The molecule has 1 aliphatic rings. The summed E-state index contributed by atoms with van der Waals surface area (Å²) in [6.07, 6.45) is 0.557. The number of rotatable bonds is 9. The summed E-state index contributed by atoms with van der Waals surface area (Å²) in [7, 11) is 0. The van der Waals surface area contributed by atoms with Crippen LogP contribution in [-0.4, -0.2) is 72.3 Å². The molecular weight excluding hydrogens is 452 g/mol. The number of fused-ring (bicyclic) bond motifs is 1. The van der Waals surface area contributed by atoms with E-state index in [1.165, 1.54) is 23.2 Å². The molecule has 4 rings (SSSR count). The van der Waals surface area contributed by atoms with Crippen molar-refractivity contribution in [2.75, 3.05) is 37.7 Å². The molecule has 1 fully saturated rings. The molecule has 2 heterocycles. The number of thiazole rings is 1. The third kappa shape index (κ3) is 4.78. The smallest absolute Gasteiger partial charge is 0.243 e. The van der Waals surface area contributed by atoms with Gasteiger partial charge in [0.05, 0.1) is 31.3 Å². The van der Waals surface area contributed by atoms with Gasteiger partial charge in [0.15, 0.2) is 17.6 Å². The molecule has 2 atom stereocenters. The highest BCUT2D eigenvalue weighted by atomic mass is 32.1. The molecule has 1 aliphatic heterocycles. The van der Waals surface area contributed by atoms with Gasteiger partial charge in [0.25, 0.3) is 0 Å². The number of Topliss-reactive ketones (excluding diaryl/α,β-unsaturated/α-hetero) is 1. The Hall–Kier alpha value is -2.98. The van der Waals surface area contributed by atoms with E-state index < -0.39 is 17.4 Å². The molecule has 0 spiro atoms. The Morgan fingerprint density at radius 1 is 1.24 bits per heavy atom. The lowest BCUT2D eigenvalue weighted by atomic mass is 9.82. The van der Waals surface area contributed by atoms with Gasteiger partial charge in [-0.15, -0.1) is 11.3 Å². The van der Waals surface area contributed by atoms with E-state index >= 15 is 0 Å². The fraction of sp³-hybridized carbons (Fsp3) is 0.360. The quantitative estimate of drug-likeness (QED) is 0.369. The fourth-order valence-electron chi connectivity index (χ4n) is 4.45. The third-order valence-corrected chi connectivity index (χ3v) is 6.71. The molecule has 2 aromatic carbocycles. The van der Waals surface area contributed by atoms with Crippen LogP contribution in [0.3, 0.4) is 0 Å². The van der Waals surface area contributed by atoms with Gasteiger partial charge < -0.3 is 15.3 Å². The number of hydrogen-bond acceptors (Lipinski definition) is 8. The number of carbonyl (C=O) groups excluding carboxylic acids is 3. The van der Waals surface area contributed by atoms with E-state index in [-0.39, 0.29) is 24.7 Å². The molecule has 2 N–H and O–H groups in total. The maximum Gasteiger partial charge on any atom is 0.243 e. The van der Waals surface area contributed by atoms with E-state index in [1.54, 1.807) is 10.9 Å². The van der Waals surface area contributed by atoms with E-state index in [4.69, 9.17) is 10.5 Å². The zero-order valence-electron chi connectivity index (χ0n) is 19.1. The van der Waals surface area contributed by atoms with Crippen LogP contribution in [0.2, 0.25) is 0 Å². The van der Waals surface area contributed by atoms with Crippen molar-refractivity contribution in [2.24, 2.45) is 5.73 Å². The molecule has 3 aromatic rings. The normalized spacial score (nSPS) is 17.1. The van der Waals surface area contributed by atoms with Crippen LogP contribution < -0.4 is 10.6 Å². The van der Waals surface area contributed by atoms with Gasteiger partial charge in [-0.3, -0.25) is 19.4 Å². The number of nitrogens with zero attached hydrogens (tertiary/aromatic N) is 3. The summed E-state index contributed by atoms with van der Waals surface area (Å²) >= 11 is 1.29. The van der Waals surface area contributed by atoms with E-state index in [2.05, 4.69) is 4.98 Å². The van der Waals surface area contributed by atoms with Gasteiger partial charge in [-0.05, 0) is 23.3 Å². The van der Waals surface area contributed by atoms with Crippen LogP contribution in [0.5, 0.6) is 0 Å². The Bertz CT molecular complexity index is 1160. The molecule has 8 nitrogen and oxygen atoms in total. The van der Waals surface area contributed by atoms with Crippen LogP contribution in [0.4, 0.5) is 5.82 Å². The number of amides is 1. The number of carbonyl (C=O) groups is 3. The molecule has 0 aliphatic carbocycles. The molecule has 0 saturated carbocycles. The van der Waals surface area contributed by atoms with Crippen LogP contribution in [-0.2, 0) is 25.5 Å². The lowest BCUT2D eigenvalue weighted by Gasteiger charge is -2.40. The lowest BCUT2D eigenvalue weighted by Crippen LogP contribution is -2.65. The summed E-state index contributed by atoms with van der Waals surface area (Å²) < 4.78 is 5.39. The Labute approximate surface area is 202 Å². The van der Waals surface area contributed by atoms with Gasteiger partial charge >= 0.3 is 0 Å². The Balaban J connectivity index is 1.82. The minimum atomic E-state index is -1.84. The van der Waals surface area contributed by atoms with Crippen molar-refractivity contribution in [3.8, 4) is 0 Å². The Kier molecular flexibility index (Phi) is 7.47. The maximum absolute atomic E-state index is 13.8. The van der Waals surface area contributed by atoms with Crippen LogP contribution >= 0.6 is 11.3 Å². The van der Waals surface area contributed by atoms with E-state index in [0.717, 1.165) is 16.3 Å². The second kappa shape index (κ2) is 10.5. The second-order valence-electron chi connectivity index (χ2n) is 8.47. The molecule has 1 amide bonds. The SMILES string of the molecule is C[C@H](N)C(=O)[C@@](C=O)(Cc1cccc2ccccc12)N(C(=O)CN1CCOCC1)c1cscn1. The number of anilines is 1. The average molecular weight is 481 g/mol. The van der Waals surface area contributed by atoms with Crippen LogP contribution in [0.1, 0.15) is 12.5 Å². The number of ketones is 1. The van der Waals surface area contributed by atoms with Gasteiger partial charge in [0.1, 0.15) is 5.82 Å². The largest absolute Gasteiger partial charge is 0.379 e. The van der Waals surface area contributed by atoms with Crippen molar-refractivity contribution in [2.45, 2.75) is 24.9 Å². The second-order valence-corrected chi connectivity index (χ2v) is 9.19. The number of nitrogens with two attached hydrogens (primary N) is 1. The minimum Gasteiger partial charge on any atom is -0.379 e. The van der Waals surface area contributed by atoms with Crippen molar-refractivity contribution < 1.29 is 19.1 Å². The Morgan fingerprint density at radius 2 is 1.97 bits per heavy atom. The van der Waals surface area contributed by atoms with E-state index in [1.807, 2.05) is 47.4 Å². The van der Waals surface area contributed by atoms with Gasteiger partial charge in [-0.1, -0.05) is 42.5 Å². The molecule has 178 valence electrons. The van der Waals surface area contributed by atoms with E-state index in [0.29, 0.717) is 32.6 Å². The van der Waals surface area contributed by atoms with Crippen LogP contribution in [0, 0.1) is 0 Å². The molecule has 34 heavy (non-hydrogen) atoms. The van der Waals surface area contributed by atoms with Crippen LogP contribution in [0.15, 0.2) is 53.4 Å². The third-order valence-electron chi connectivity index (χ3n) is 6.13. The topological polar surface area (TPSA) is 106 Å². The van der Waals surface area contributed by atoms with Crippen LogP contribution in [0.25, 0.3) is 10.8 Å². The molecule has 0 bridgehead atoms. The monoisotopic (exact) mass is 480 g/mol. The average Bonchev–Trinajstić information content (AvgIpc) is 3.38. The molecule has 1 saturated heterocycles. The summed E-state index contributed by atoms with van der Waals surface area (Å²) in [6.45, 7) is 3.81. The summed E-state index contributed by atoms with van der Waals surface area (Å²) in [5, 5.41) is 3.56. The fourth-order valence-corrected chi connectivity index (χ4v) is 4.97. The summed E-state index contributed by atoms with van der Waals surface area (Å²) in [6, 6.07) is 12.5. The molecule has 0 unspecified atom stereocenters. The number of morpholine rings is 1. The lowest BCUT2D eigenvalue weighted by molar-refractivity contribution is -0.134. The number of hydrogen-bond donors (Lipinski definition) is 1. The molecule has 9 heteroatoms. The highest BCUT2D eigenvalue weighted by molar-refractivity contribution is 7.07. The summed E-state index contributed by atoms with van der Waals surface area (Å²) in [4.78, 5) is 47.9. The summed E-state index contributed by atoms with van der Waals surface area (Å²) in [5.74, 6) is -0.641. The van der Waals surface area contributed by atoms with Crippen molar-refractivity contribution in [1.29, 1.82) is 0 Å². The summed E-state index contributed by atoms with van der Waals surface area (Å²) in [5.41, 5.74) is 6.56. The zero-order chi connectivity index (χ0) is 24.1. The Morgan fingerprint density at radius 3 is 2.65 bits per heavy atom. The highest BCUT2D eigenvalue weighted by Crippen LogP contribution is 2.31. The van der Waals surface area contributed by atoms with E-state index in [9.17, 15) is 14.4 Å². The highest BCUT2D eigenvalue weighted by Gasteiger charge is 2.49. The first-order chi connectivity index (χ1) is 16.5. The first-order valence-electron chi connectivity index (χ1n) is 11.2. The first kappa shape index (κ1) is 24.2. The predicted octanol–water partition coefficient (Wildman–Crippen LogP) is 2.06. The van der Waals surface area contributed by atoms with Crippen molar-refractivity contribution >= 4 is 45.9 Å². The number of ether oxygens (including phenoxy) is 1. The van der Waals surface area contributed by atoms with Crippen molar-refractivity contribution in [3.63, 3.8) is 0 Å². The number of aldehydes is 1. The van der Waals surface area contributed by atoms with Gasteiger partial charge in [-0.2, -0.15) is 0 Å². The zero-order valence-corrected chi connectivity index (χ0v) is 19.9. The van der Waals surface area contributed by atoms with Gasteiger partial charge in [-0.25, -0.2) is 4.98 Å². The number of aromatic nitrogens is 1. The van der Waals surface area contributed by atoms with Gasteiger partial charge in [0.2, 0.25) is 5.91 Å². The van der Waals surface area contributed by atoms with Crippen molar-refractivity contribution in [3.05, 3.63) is 58.9 Å². The maximum atomic E-state index is 13.8.